The van der Waals surface area contributed by atoms with Crippen molar-refractivity contribution in [2.24, 2.45) is 35.5 Å². The molecular formula is C15H26O. The molecule has 0 N–H and O–H groups in total. The number of fused-ring (bicyclic) bond motifs is 1. The highest BCUT2D eigenvalue weighted by Gasteiger charge is 2.43. The highest BCUT2D eigenvalue weighted by molar-refractivity contribution is 5.85. The quantitative estimate of drug-likeness (QED) is 0.657. The minimum atomic E-state index is 0.344. The van der Waals surface area contributed by atoms with E-state index in [1.807, 2.05) is 0 Å². The summed E-state index contributed by atoms with van der Waals surface area (Å²) in [7, 11) is 0. The molecule has 0 amide bonds. The molecule has 2 rings (SSSR count). The van der Waals surface area contributed by atoms with Crippen molar-refractivity contribution in [1.82, 2.24) is 0 Å². The summed E-state index contributed by atoms with van der Waals surface area (Å²) >= 11 is 0. The summed E-state index contributed by atoms with van der Waals surface area (Å²) in [6.07, 6.45) is 4.90. The van der Waals surface area contributed by atoms with E-state index >= 15 is 0 Å². The van der Waals surface area contributed by atoms with Gasteiger partial charge in [0.25, 0.3) is 0 Å². The molecule has 2 saturated carbocycles. The second-order valence-electron chi connectivity index (χ2n) is 6.60. The molecule has 0 aromatic heterocycles. The zero-order valence-electron chi connectivity index (χ0n) is 11.2. The van der Waals surface area contributed by atoms with Crippen molar-refractivity contribution in [2.45, 2.75) is 53.4 Å². The van der Waals surface area contributed by atoms with E-state index in [0.717, 1.165) is 24.2 Å². The van der Waals surface area contributed by atoms with Gasteiger partial charge in [-0.15, -0.1) is 0 Å². The van der Waals surface area contributed by atoms with Crippen LogP contribution in [0.4, 0.5) is 0 Å². The third-order valence-corrected chi connectivity index (χ3v) is 5.17. The van der Waals surface area contributed by atoms with Crippen LogP contribution in [0.3, 0.4) is 0 Å². The number of carbonyl (C=O) groups is 1. The smallest absolute Gasteiger partial charge is 0.139 e. The first-order valence-corrected chi connectivity index (χ1v) is 7.04. The molecule has 2 aliphatic rings. The minimum absolute atomic E-state index is 0.344. The second kappa shape index (κ2) is 4.50. The zero-order chi connectivity index (χ0) is 11.9. The third-order valence-electron chi connectivity index (χ3n) is 5.17. The Morgan fingerprint density at radius 3 is 2.44 bits per heavy atom. The molecule has 2 aliphatic carbocycles. The molecule has 0 aromatic carbocycles. The van der Waals surface area contributed by atoms with Crippen molar-refractivity contribution in [2.75, 3.05) is 0 Å². The first-order chi connectivity index (χ1) is 7.50. The fraction of sp³-hybridized carbons (Fsp3) is 0.933. The van der Waals surface area contributed by atoms with Crippen LogP contribution >= 0.6 is 0 Å². The maximum atomic E-state index is 12.1. The molecule has 5 atom stereocenters. The van der Waals surface area contributed by atoms with Gasteiger partial charge in [-0.3, -0.25) is 4.79 Å². The van der Waals surface area contributed by atoms with Gasteiger partial charge in [0.15, 0.2) is 0 Å². The average molecular weight is 222 g/mol. The lowest BCUT2D eigenvalue weighted by atomic mass is 9.78. The van der Waals surface area contributed by atoms with E-state index in [1.54, 1.807) is 0 Å². The lowest BCUT2D eigenvalue weighted by Crippen LogP contribution is -2.19. The van der Waals surface area contributed by atoms with Crippen LogP contribution in [0.2, 0.25) is 0 Å². The summed E-state index contributed by atoms with van der Waals surface area (Å²) in [5, 5.41) is 0. The molecular weight excluding hydrogens is 196 g/mol. The SMILES string of the molecule is CC1CC2CC(C(C)C)C(C)CCC2C1=O. The molecule has 0 aromatic rings. The number of hydrogen-bond donors (Lipinski definition) is 0. The van der Waals surface area contributed by atoms with Crippen LogP contribution in [0, 0.1) is 35.5 Å². The van der Waals surface area contributed by atoms with Crippen LogP contribution in [0.5, 0.6) is 0 Å². The minimum Gasteiger partial charge on any atom is -0.299 e. The van der Waals surface area contributed by atoms with Gasteiger partial charge in [0, 0.05) is 11.8 Å². The van der Waals surface area contributed by atoms with E-state index in [4.69, 9.17) is 0 Å². The molecule has 0 saturated heterocycles. The maximum absolute atomic E-state index is 12.1. The number of rotatable bonds is 1. The standard InChI is InChI=1S/C15H26O/c1-9(2)14-8-12-7-11(4)15(16)13(12)6-5-10(14)3/h9-14H,5-8H2,1-4H3. The van der Waals surface area contributed by atoms with E-state index in [9.17, 15) is 4.79 Å². The van der Waals surface area contributed by atoms with Crippen LogP contribution in [-0.4, -0.2) is 5.78 Å². The predicted molar refractivity (Wildman–Crippen MR) is 67.1 cm³/mol. The van der Waals surface area contributed by atoms with E-state index in [0.29, 0.717) is 23.5 Å². The Morgan fingerprint density at radius 2 is 1.81 bits per heavy atom. The van der Waals surface area contributed by atoms with Gasteiger partial charge in [0.2, 0.25) is 0 Å². The van der Waals surface area contributed by atoms with Gasteiger partial charge in [0.05, 0.1) is 0 Å². The van der Waals surface area contributed by atoms with E-state index < -0.39 is 0 Å². The van der Waals surface area contributed by atoms with Crippen molar-refractivity contribution in [3.05, 3.63) is 0 Å². The van der Waals surface area contributed by atoms with Crippen molar-refractivity contribution in [3.8, 4) is 0 Å². The molecule has 1 heteroatoms. The van der Waals surface area contributed by atoms with Crippen molar-refractivity contribution in [3.63, 3.8) is 0 Å². The molecule has 1 nitrogen and oxygen atoms in total. The summed E-state index contributed by atoms with van der Waals surface area (Å²) in [5.41, 5.74) is 0. The molecule has 0 spiro atoms. The van der Waals surface area contributed by atoms with Crippen LogP contribution in [0.25, 0.3) is 0 Å². The van der Waals surface area contributed by atoms with Gasteiger partial charge >= 0.3 is 0 Å². The van der Waals surface area contributed by atoms with Gasteiger partial charge in [-0.1, -0.05) is 27.7 Å². The molecule has 16 heavy (non-hydrogen) atoms. The Hall–Kier alpha value is -0.330. The summed E-state index contributed by atoms with van der Waals surface area (Å²) in [4.78, 5) is 12.1. The number of hydrogen-bond acceptors (Lipinski definition) is 1. The predicted octanol–water partition coefficient (Wildman–Crippen LogP) is 3.92. The van der Waals surface area contributed by atoms with Crippen molar-refractivity contribution in [1.29, 1.82) is 0 Å². The average Bonchev–Trinajstić information content (AvgIpc) is 2.39. The first-order valence-electron chi connectivity index (χ1n) is 7.04. The third kappa shape index (κ3) is 2.06. The molecule has 0 radical (unpaired) electrons. The Bertz CT molecular complexity index is 269. The van der Waals surface area contributed by atoms with Gasteiger partial charge in [0.1, 0.15) is 5.78 Å². The van der Waals surface area contributed by atoms with E-state index in [1.165, 1.54) is 19.3 Å². The summed E-state index contributed by atoms with van der Waals surface area (Å²) < 4.78 is 0. The largest absolute Gasteiger partial charge is 0.299 e. The monoisotopic (exact) mass is 222 g/mol. The number of Topliss-reactive ketones (excluding diaryl/α,β-unsaturated/α-hetero) is 1. The summed E-state index contributed by atoms with van der Waals surface area (Å²) in [5.74, 6) is 4.47. The molecule has 0 bridgehead atoms. The Labute approximate surface area is 100.0 Å². The van der Waals surface area contributed by atoms with Crippen LogP contribution in [-0.2, 0) is 4.79 Å². The maximum Gasteiger partial charge on any atom is 0.139 e. The Morgan fingerprint density at radius 1 is 1.12 bits per heavy atom. The first kappa shape index (κ1) is 12.1. The van der Waals surface area contributed by atoms with E-state index in [-0.39, 0.29) is 0 Å². The Balaban J connectivity index is 2.13. The highest BCUT2D eigenvalue weighted by Crippen LogP contribution is 2.46. The Kier molecular flexibility index (Phi) is 3.42. The highest BCUT2D eigenvalue weighted by atomic mass is 16.1. The molecule has 5 unspecified atom stereocenters. The lowest BCUT2D eigenvalue weighted by Gasteiger charge is -2.27. The molecule has 0 aliphatic heterocycles. The van der Waals surface area contributed by atoms with Crippen molar-refractivity contribution < 1.29 is 4.79 Å². The van der Waals surface area contributed by atoms with Gasteiger partial charge in [-0.25, -0.2) is 0 Å². The van der Waals surface area contributed by atoms with Gasteiger partial charge in [-0.05, 0) is 49.4 Å². The van der Waals surface area contributed by atoms with E-state index in [2.05, 4.69) is 27.7 Å². The van der Waals surface area contributed by atoms with Crippen molar-refractivity contribution >= 4 is 5.78 Å². The molecule has 0 heterocycles. The van der Waals surface area contributed by atoms with Crippen LogP contribution in [0.15, 0.2) is 0 Å². The molecule has 2 fully saturated rings. The normalized spacial score (nSPS) is 44.6. The second-order valence-corrected chi connectivity index (χ2v) is 6.60. The van der Waals surface area contributed by atoms with Gasteiger partial charge in [-0.2, -0.15) is 0 Å². The topological polar surface area (TPSA) is 17.1 Å². The van der Waals surface area contributed by atoms with Gasteiger partial charge < -0.3 is 0 Å². The summed E-state index contributed by atoms with van der Waals surface area (Å²) in [6, 6.07) is 0. The fourth-order valence-electron chi connectivity index (χ4n) is 4.14. The lowest BCUT2D eigenvalue weighted by molar-refractivity contribution is -0.124. The zero-order valence-corrected chi connectivity index (χ0v) is 11.2. The fourth-order valence-corrected chi connectivity index (χ4v) is 4.14. The van der Waals surface area contributed by atoms with Crippen LogP contribution in [0.1, 0.15) is 53.4 Å². The molecule has 92 valence electrons. The number of ketones is 1. The summed E-state index contributed by atoms with van der Waals surface area (Å²) in [6.45, 7) is 9.22. The number of carbonyl (C=O) groups excluding carboxylic acids is 1. The van der Waals surface area contributed by atoms with Crippen LogP contribution < -0.4 is 0 Å².